The number of likely N-dealkylation sites (tertiary alicyclic amines) is 1. The van der Waals surface area contributed by atoms with Crippen LogP contribution < -0.4 is 4.74 Å². The topological polar surface area (TPSA) is 38.8 Å². The maximum atomic E-state index is 14.8. The second kappa shape index (κ2) is 14.1. The number of benzene rings is 3. The van der Waals surface area contributed by atoms with Crippen LogP contribution in [0.5, 0.6) is 5.75 Å². The SMILES string of the molecule is CCOc1ccc(Cc2cc(C3CC(C)CCC(CSc4cc(C(=O)N5CCCC5)ccc4F)O3)ccc2Cl)cc1. The molecule has 0 N–H and O–H groups in total. The molecule has 0 aliphatic carbocycles. The molecule has 1 amide bonds. The molecule has 0 aromatic heterocycles. The summed E-state index contributed by atoms with van der Waals surface area (Å²) < 4.78 is 27.0. The number of hydrogen-bond acceptors (Lipinski definition) is 4. The van der Waals surface area contributed by atoms with E-state index in [9.17, 15) is 9.18 Å². The second-order valence-electron chi connectivity index (χ2n) is 11.2. The predicted molar refractivity (Wildman–Crippen MR) is 165 cm³/mol. The highest BCUT2D eigenvalue weighted by molar-refractivity contribution is 7.99. The van der Waals surface area contributed by atoms with E-state index in [4.69, 9.17) is 21.1 Å². The van der Waals surface area contributed by atoms with Gasteiger partial charge in [-0.2, -0.15) is 0 Å². The molecule has 5 rings (SSSR count). The van der Waals surface area contributed by atoms with E-state index in [2.05, 4.69) is 31.2 Å². The second-order valence-corrected chi connectivity index (χ2v) is 12.7. The Bertz CT molecular complexity index is 1330. The van der Waals surface area contributed by atoms with E-state index in [0.29, 0.717) is 28.7 Å². The summed E-state index contributed by atoms with van der Waals surface area (Å²) in [5, 5.41) is 0.746. The van der Waals surface area contributed by atoms with E-state index in [0.717, 1.165) is 73.5 Å². The van der Waals surface area contributed by atoms with Gasteiger partial charge >= 0.3 is 0 Å². The van der Waals surface area contributed by atoms with E-state index < -0.39 is 0 Å². The Hall–Kier alpha value is -2.54. The minimum atomic E-state index is -0.289. The van der Waals surface area contributed by atoms with Crippen molar-refractivity contribution in [2.75, 3.05) is 25.4 Å². The van der Waals surface area contributed by atoms with Crippen molar-refractivity contribution >= 4 is 29.3 Å². The van der Waals surface area contributed by atoms with Crippen molar-refractivity contribution in [3.05, 3.63) is 93.8 Å². The summed E-state index contributed by atoms with van der Waals surface area (Å²) in [6, 6.07) is 19.1. The maximum Gasteiger partial charge on any atom is 0.253 e. The van der Waals surface area contributed by atoms with Gasteiger partial charge in [-0.05, 0) is 104 Å². The summed E-state index contributed by atoms with van der Waals surface area (Å²) in [6.45, 7) is 6.46. The predicted octanol–water partition coefficient (Wildman–Crippen LogP) is 8.74. The number of rotatable bonds is 9. The van der Waals surface area contributed by atoms with E-state index in [1.807, 2.05) is 30.0 Å². The number of halogens is 2. The Morgan fingerprint density at radius 3 is 2.61 bits per heavy atom. The lowest BCUT2D eigenvalue weighted by Gasteiger charge is -2.23. The van der Waals surface area contributed by atoms with E-state index >= 15 is 0 Å². The molecule has 2 fully saturated rings. The Kier molecular flexibility index (Phi) is 10.3. The third-order valence-corrected chi connectivity index (χ3v) is 9.55. The van der Waals surface area contributed by atoms with Gasteiger partial charge in [0.05, 0.1) is 18.8 Å². The van der Waals surface area contributed by atoms with Crippen molar-refractivity contribution in [1.82, 2.24) is 4.90 Å². The molecule has 0 spiro atoms. The van der Waals surface area contributed by atoms with Crippen LogP contribution in [0.25, 0.3) is 0 Å². The molecule has 7 heteroatoms. The van der Waals surface area contributed by atoms with E-state index in [1.54, 1.807) is 12.1 Å². The monoisotopic (exact) mass is 595 g/mol. The van der Waals surface area contributed by atoms with Crippen molar-refractivity contribution in [2.45, 2.75) is 69.5 Å². The molecule has 3 aromatic carbocycles. The molecule has 3 atom stereocenters. The molecule has 0 saturated carbocycles. The summed E-state index contributed by atoms with van der Waals surface area (Å²) in [6.07, 6.45) is 5.63. The van der Waals surface area contributed by atoms with Gasteiger partial charge in [-0.25, -0.2) is 4.39 Å². The first-order valence-corrected chi connectivity index (χ1v) is 16.1. The Morgan fingerprint density at radius 2 is 1.85 bits per heavy atom. The Morgan fingerprint density at radius 1 is 1.07 bits per heavy atom. The van der Waals surface area contributed by atoms with Crippen LogP contribution in [-0.4, -0.2) is 42.4 Å². The van der Waals surface area contributed by atoms with Crippen molar-refractivity contribution < 1.29 is 18.7 Å². The summed E-state index contributed by atoms with van der Waals surface area (Å²) in [5.74, 6) is 1.72. The van der Waals surface area contributed by atoms with Crippen LogP contribution >= 0.6 is 23.4 Å². The van der Waals surface area contributed by atoms with Crippen LogP contribution in [0, 0.1) is 11.7 Å². The van der Waals surface area contributed by atoms with E-state index in [1.165, 1.54) is 23.4 Å². The minimum absolute atomic E-state index is 0.00673. The fraction of sp³-hybridized carbons (Fsp3) is 0.441. The van der Waals surface area contributed by atoms with Crippen molar-refractivity contribution in [1.29, 1.82) is 0 Å². The van der Waals surface area contributed by atoms with Gasteiger partial charge in [-0.15, -0.1) is 11.8 Å². The highest BCUT2D eigenvalue weighted by Crippen LogP contribution is 2.37. The summed E-state index contributed by atoms with van der Waals surface area (Å²) in [4.78, 5) is 15.2. The molecular weight excluding hydrogens is 557 g/mol. The maximum absolute atomic E-state index is 14.8. The fourth-order valence-corrected chi connectivity index (χ4v) is 6.91. The molecule has 2 saturated heterocycles. The number of nitrogens with zero attached hydrogens (tertiary/aromatic N) is 1. The van der Waals surface area contributed by atoms with Crippen LogP contribution in [0.2, 0.25) is 5.02 Å². The molecule has 218 valence electrons. The van der Waals surface area contributed by atoms with Crippen molar-refractivity contribution in [3.8, 4) is 5.75 Å². The number of carbonyl (C=O) groups is 1. The van der Waals surface area contributed by atoms with Crippen LogP contribution in [0.15, 0.2) is 65.6 Å². The molecule has 3 unspecified atom stereocenters. The lowest BCUT2D eigenvalue weighted by atomic mass is 9.94. The van der Waals surface area contributed by atoms with Crippen LogP contribution in [-0.2, 0) is 11.2 Å². The summed E-state index contributed by atoms with van der Waals surface area (Å²) >= 11 is 8.08. The molecule has 2 aliphatic heterocycles. The summed E-state index contributed by atoms with van der Waals surface area (Å²) in [5.41, 5.74) is 3.93. The number of carbonyl (C=O) groups excluding carboxylic acids is 1. The van der Waals surface area contributed by atoms with Gasteiger partial charge in [-0.1, -0.05) is 42.8 Å². The summed E-state index contributed by atoms with van der Waals surface area (Å²) in [7, 11) is 0. The zero-order valence-corrected chi connectivity index (χ0v) is 25.5. The molecule has 2 heterocycles. The van der Waals surface area contributed by atoms with Gasteiger partial charge in [-0.3, -0.25) is 4.79 Å². The average Bonchev–Trinajstić information content (AvgIpc) is 3.45. The van der Waals surface area contributed by atoms with Gasteiger partial charge < -0.3 is 14.4 Å². The van der Waals surface area contributed by atoms with Gasteiger partial charge in [0.2, 0.25) is 0 Å². The first-order chi connectivity index (χ1) is 19.9. The number of thioether (sulfide) groups is 1. The molecule has 41 heavy (non-hydrogen) atoms. The van der Waals surface area contributed by atoms with Crippen LogP contribution in [0.3, 0.4) is 0 Å². The smallest absolute Gasteiger partial charge is 0.253 e. The number of ether oxygens (including phenoxy) is 2. The molecule has 3 aromatic rings. The first kappa shape index (κ1) is 29.9. The number of hydrogen-bond donors (Lipinski definition) is 0. The zero-order valence-electron chi connectivity index (χ0n) is 23.9. The fourth-order valence-electron chi connectivity index (χ4n) is 5.70. The third-order valence-electron chi connectivity index (χ3n) is 8.02. The molecule has 0 bridgehead atoms. The quantitative estimate of drug-likeness (QED) is 0.232. The van der Waals surface area contributed by atoms with Crippen molar-refractivity contribution in [2.24, 2.45) is 5.92 Å². The van der Waals surface area contributed by atoms with Gasteiger partial charge in [0, 0.05) is 34.3 Å². The average molecular weight is 596 g/mol. The number of amides is 1. The minimum Gasteiger partial charge on any atom is -0.494 e. The largest absolute Gasteiger partial charge is 0.494 e. The highest BCUT2D eigenvalue weighted by atomic mass is 35.5. The zero-order chi connectivity index (χ0) is 28.8. The lowest BCUT2D eigenvalue weighted by Crippen LogP contribution is -2.27. The van der Waals surface area contributed by atoms with Crippen molar-refractivity contribution in [3.63, 3.8) is 0 Å². The molecule has 0 radical (unpaired) electrons. The highest BCUT2D eigenvalue weighted by Gasteiger charge is 2.27. The molecular formula is C34H39ClFNO3S. The Balaban J connectivity index is 1.26. The van der Waals surface area contributed by atoms with Crippen LogP contribution in [0.4, 0.5) is 4.39 Å². The third kappa shape index (κ3) is 7.85. The van der Waals surface area contributed by atoms with Gasteiger partial charge in [0.15, 0.2) is 0 Å². The van der Waals surface area contributed by atoms with Crippen LogP contribution in [0.1, 0.15) is 79.1 Å². The lowest BCUT2D eigenvalue weighted by molar-refractivity contribution is 0.00128. The van der Waals surface area contributed by atoms with Gasteiger partial charge in [0.25, 0.3) is 5.91 Å². The van der Waals surface area contributed by atoms with E-state index in [-0.39, 0.29) is 23.9 Å². The normalized spacial score (nSPS) is 21.1. The molecule has 2 aliphatic rings. The standard InChI is InChI=1S/C34H39ClFNO3S/c1-3-39-28-12-7-24(8-13-28)19-27-20-25(9-14-30(27)35)32-18-23(2)6-11-29(40-32)22-41-33-21-26(10-15-31(33)36)34(38)37-16-4-5-17-37/h7-10,12-15,20-21,23,29,32H,3-6,11,16-19,22H2,1-2H3. The first-order valence-electron chi connectivity index (χ1n) is 14.8. The molecule has 4 nitrogen and oxygen atoms in total. The Labute approximate surface area is 252 Å². The van der Waals surface area contributed by atoms with Gasteiger partial charge in [0.1, 0.15) is 11.6 Å².